The molecule has 3 rings (SSSR count). The number of anilines is 1. The Bertz CT molecular complexity index is 837. The van der Waals surface area contributed by atoms with Crippen molar-refractivity contribution in [3.63, 3.8) is 0 Å². The number of halogens is 1. The molecule has 1 aliphatic rings. The van der Waals surface area contributed by atoms with Crippen molar-refractivity contribution in [3.8, 4) is 0 Å². The van der Waals surface area contributed by atoms with Crippen molar-refractivity contribution >= 4 is 23.5 Å². The fourth-order valence-electron chi connectivity index (χ4n) is 2.44. The van der Waals surface area contributed by atoms with Gasteiger partial charge in [-0.25, -0.2) is 9.18 Å². The summed E-state index contributed by atoms with van der Waals surface area (Å²) in [7, 11) is 1.39. The second-order valence-electron chi connectivity index (χ2n) is 5.34. The SMILES string of the molecule is CN1C(=O)NC(c2cccc(NC(=O)c3ccccc3F)c2)C1=O. The molecule has 0 aromatic heterocycles. The van der Waals surface area contributed by atoms with Crippen LogP contribution in [0.25, 0.3) is 0 Å². The highest BCUT2D eigenvalue weighted by atomic mass is 19.1. The van der Waals surface area contributed by atoms with Gasteiger partial charge in [-0.05, 0) is 29.8 Å². The lowest BCUT2D eigenvalue weighted by Crippen LogP contribution is -2.25. The zero-order valence-electron chi connectivity index (χ0n) is 12.7. The van der Waals surface area contributed by atoms with Gasteiger partial charge in [0.1, 0.15) is 11.9 Å². The van der Waals surface area contributed by atoms with Crippen molar-refractivity contribution < 1.29 is 18.8 Å². The molecule has 1 atom stereocenters. The van der Waals surface area contributed by atoms with E-state index < -0.39 is 23.8 Å². The lowest BCUT2D eigenvalue weighted by Gasteiger charge is -2.11. The largest absolute Gasteiger partial charge is 0.324 e. The van der Waals surface area contributed by atoms with Crippen LogP contribution in [0.5, 0.6) is 0 Å². The molecule has 1 saturated heterocycles. The minimum atomic E-state index is -0.798. The van der Waals surface area contributed by atoms with Crippen molar-refractivity contribution in [2.24, 2.45) is 0 Å². The number of urea groups is 1. The van der Waals surface area contributed by atoms with Crippen LogP contribution in [-0.4, -0.2) is 29.8 Å². The Labute approximate surface area is 137 Å². The maximum atomic E-state index is 13.6. The van der Waals surface area contributed by atoms with Gasteiger partial charge in [0.25, 0.3) is 11.8 Å². The molecule has 122 valence electrons. The highest BCUT2D eigenvalue weighted by molar-refractivity contribution is 6.05. The molecule has 2 N–H and O–H groups in total. The van der Waals surface area contributed by atoms with Crippen LogP contribution < -0.4 is 10.6 Å². The number of benzene rings is 2. The van der Waals surface area contributed by atoms with Gasteiger partial charge >= 0.3 is 6.03 Å². The highest BCUT2D eigenvalue weighted by Crippen LogP contribution is 2.23. The van der Waals surface area contributed by atoms with Crippen LogP contribution in [0.4, 0.5) is 14.9 Å². The summed E-state index contributed by atoms with van der Waals surface area (Å²) in [4.78, 5) is 36.7. The van der Waals surface area contributed by atoms with Gasteiger partial charge in [-0.15, -0.1) is 0 Å². The number of amides is 4. The van der Waals surface area contributed by atoms with E-state index in [2.05, 4.69) is 10.6 Å². The van der Waals surface area contributed by atoms with Crippen LogP contribution in [0.1, 0.15) is 22.0 Å². The first-order valence-electron chi connectivity index (χ1n) is 7.21. The van der Waals surface area contributed by atoms with Gasteiger partial charge in [0.2, 0.25) is 0 Å². The minimum Gasteiger partial charge on any atom is -0.322 e. The van der Waals surface area contributed by atoms with Crippen LogP contribution in [-0.2, 0) is 4.79 Å². The molecular weight excluding hydrogens is 313 g/mol. The molecule has 1 aliphatic heterocycles. The Morgan fingerprint density at radius 1 is 1.17 bits per heavy atom. The van der Waals surface area contributed by atoms with Gasteiger partial charge in [0.15, 0.2) is 0 Å². The van der Waals surface area contributed by atoms with E-state index in [0.717, 1.165) is 4.90 Å². The van der Waals surface area contributed by atoms with Gasteiger partial charge in [0.05, 0.1) is 5.56 Å². The van der Waals surface area contributed by atoms with Crippen LogP contribution in [0, 0.1) is 5.82 Å². The summed E-state index contributed by atoms with van der Waals surface area (Å²) in [6.07, 6.45) is 0. The maximum absolute atomic E-state index is 13.6. The zero-order chi connectivity index (χ0) is 17.3. The lowest BCUT2D eigenvalue weighted by molar-refractivity contribution is -0.126. The highest BCUT2D eigenvalue weighted by Gasteiger charge is 2.36. The van der Waals surface area contributed by atoms with Gasteiger partial charge in [0, 0.05) is 12.7 Å². The Kier molecular flexibility index (Phi) is 3.99. The van der Waals surface area contributed by atoms with Gasteiger partial charge in [-0.2, -0.15) is 0 Å². The molecule has 0 spiro atoms. The molecular formula is C17H14FN3O3. The number of carbonyl (C=O) groups excluding carboxylic acids is 3. The third-order valence-corrected chi connectivity index (χ3v) is 3.75. The number of carbonyl (C=O) groups is 3. The summed E-state index contributed by atoms with van der Waals surface area (Å²) >= 11 is 0. The molecule has 0 aliphatic carbocycles. The van der Waals surface area contributed by atoms with E-state index in [1.807, 2.05) is 0 Å². The number of rotatable bonds is 3. The average molecular weight is 327 g/mol. The molecule has 2 aromatic carbocycles. The topological polar surface area (TPSA) is 78.5 Å². The predicted molar refractivity (Wildman–Crippen MR) is 84.8 cm³/mol. The first kappa shape index (κ1) is 15.7. The van der Waals surface area contributed by atoms with Gasteiger partial charge in [-0.1, -0.05) is 24.3 Å². The van der Waals surface area contributed by atoms with E-state index in [1.165, 1.54) is 25.2 Å². The van der Waals surface area contributed by atoms with E-state index in [1.54, 1.807) is 30.3 Å². The molecule has 2 aromatic rings. The smallest absolute Gasteiger partial charge is 0.322 e. The molecule has 7 heteroatoms. The standard InChI is InChI=1S/C17H14FN3O3/c1-21-16(23)14(20-17(21)24)10-5-4-6-11(9-10)19-15(22)12-7-2-3-8-13(12)18/h2-9,14H,1H3,(H,19,22)(H,20,24). The lowest BCUT2D eigenvalue weighted by atomic mass is 10.1. The number of likely N-dealkylation sites (N-methyl/N-ethyl adjacent to an activating group) is 1. The van der Waals surface area contributed by atoms with Crippen LogP contribution in [0.3, 0.4) is 0 Å². The molecule has 1 unspecified atom stereocenters. The van der Waals surface area contributed by atoms with Crippen LogP contribution in [0.15, 0.2) is 48.5 Å². The van der Waals surface area contributed by atoms with E-state index in [4.69, 9.17) is 0 Å². The second-order valence-corrected chi connectivity index (χ2v) is 5.34. The van der Waals surface area contributed by atoms with Gasteiger partial charge < -0.3 is 10.6 Å². The zero-order valence-corrected chi connectivity index (χ0v) is 12.7. The van der Waals surface area contributed by atoms with Crippen molar-refractivity contribution in [2.75, 3.05) is 12.4 Å². The monoisotopic (exact) mass is 327 g/mol. The normalized spacial score (nSPS) is 16.9. The number of hydrogen-bond acceptors (Lipinski definition) is 3. The Morgan fingerprint density at radius 3 is 2.58 bits per heavy atom. The van der Waals surface area contributed by atoms with E-state index in [-0.39, 0.29) is 11.5 Å². The number of imide groups is 1. The molecule has 0 saturated carbocycles. The summed E-state index contributed by atoms with van der Waals surface area (Å²) in [6.45, 7) is 0. The number of hydrogen-bond donors (Lipinski definition) is 2. The molecule has 24 heavy (non-hydrogen) atoms. The van der Waals surface area contributed by atoms with Crippen molar-refractivity contribution in [1.29, 1.82) is 0 Å². The van der Waals surface area contributed by atoms with Crippen LogP contribution in [0.2, 0.25) is 0 Å². The summed E-state index contributed by atoms with van der Waals surface area (Å²) in [5, 5.41) is 5.14. The quantitative estimate of drug-likeness (QED) is 0.849. The molecule has 1 fully saturated rings. The van der Waals surface area contributed by atoms with Crippen molar-refractivity contribution in [1.82, 2.24) is 10.2 Å². The fraction of sp³-hybridized carbons (Fsp3) is 0.118. The van der Waals surface area contributed by atoms with E-state index in [9.17, 15) is 18.8 Å². The number of nitrogens with zero attached hydrogens (tertiary/aromatic N) is 1. The molecule has 4 amide bonds. The van der Waals surface area contributed by atoms with Crippen molar-refractivity contribution in [2.45, 2.75) is 6.04 Å². The first-order chi connectivity index (χ1) is 11.5. The van der Waals surface area contributed by atoms with Crippen molar-refractivity contribution in [3.05, 3.63) is 65.5 Å². The predicted octanol–water partition coefficient (Wildman–Crippen LogP) is 2.30. The molecule has 0 bridgehead atoms. The molecule has 1 heterocycles. The average Bonchev–Trinajstić information content (AvgIpc) is 2.83. The molecule has 6 nitrogen and oxygen atoms in total. The maximum Gasteiger partial charge on any atom is 0.324 e. The molecule has 0 radical (unpaired) electrons. The van der Waals surface area contributed by atoms with Gasteiger partial charge in [-0.3, -0.25) is 14.5 Å². The summed E-state index contributed by atoms with van der Waals surface area (Å²) in [5.41, 5.74) is 0.856. The number of nitrogens with one attached hydrogen (secondary N) is 2. The fourth-order valence-corrected chi connectivity index (χ4v) is 2.44. The Hall–Kier alpha value is -3.22. The Morgan fingerprint density at radius 2 is 1.92 bits per heavy atom. The third kappa shape index (κ3) is 2.83. The summed E-state index contributed by atoms with van der Waals surface area (Å²) in [6, 6.07) is 10.9. The van der Waals surface area contributed by atoms with Crippen LogP contribution >= 0.6 is 0 Å². The van der Waals surface area contributed by atoms with E-state index >= 15 is 0 Å². The minimum absolute atomic E-state index is 0.0760. The second kappa shape index (κ2) is 6.11. The summed E-state index contributed by atoms with van der Waals surface area (Å²) in [5.74, 6) is -1.59. The first-order valence-corrected chi connectivity index (χ1v) is 7.21. The summed E-state index contributed by atoms with van der Waals surface area (Å²) < 4.78 is 13.6. The van der Waals surface area contributed by atoms with E-state index in [0.29, 0.717) is 11.3 Å². The third-order valence-electron chi connectivity index (χ3n) is 3.75. The Balaban J connectivity index is 1.82.